The van der Waals surface area contributed by atoms with Gasteiger partial charge >= 0.3 is 0 Å². The van der Waals surface area contributed by atoms with Gasteiger partial charge in [-0.15, -0.1) is 0 Å². The van der Waals surface area contributed by atoms with E-state index in [1.165, 1.54) is 0 Å². The Morgan fingerprint density at radius 1 is 1.53 bits per heavy atom. The molecule has 0 aliphatic heterocycles. The summed E-state index contributed by atoms with van der Waals surface area (Å²) >= 11 is 5.82. The monoisotopic (exact) mass is 274 g/mol. The third-order valence-electron chi connectivity index (χ3n) is 2.19. The molecule has 17 heavy (non-hydrogen) atoms. The van der Waals surface area contributed by atoms with Crippen molar-refractivity contribution in [2.24, 2.45) is 0 Å². The van der Waals surface area contributed by atoms with Crippen molar-refractivity contribution in [2.75, 3.05) is 24.3 Å². The number of halogens is 1. The lowest BCUT2D eigenvalue weighted by Crippen LogP contribution is -2.26. The summed E-state index contributed by atoms with van der Waals surface area (Å²) in [5.74, 6) is 0.317. The van der Waals surface area contributed by atoms with E-state index in [0.29, 0.717) is 29.3 Å². The number of hydrogen-bond acceptors (Lipinski definition) is 3. The highest BCUT2D eigenvalue weighted by Gasteiger charge is 2.10. The lowest BCUT2D eigenvalue weighted by Gasteiger charge is -2.07. The molecule has 0 aliphatic carbocycles. The molecule has 3 N–H and O–H groups in total. The quantitative estimate of drug-likeness (QED) is 0.630. The zero-order valence-electron chi connectivity index (χ0n) is 9.53. The molecule has 0 bridgehead atoms. The summed E-state index contributed by atoms with van der Waals surface area (Å²) in [4.78, 5) is 11.7. The van der Waals surface area contributed by atoms with Gasteiger partial charge in [0.05, 0.1) is 16.3 Å². The fourth-order valence-corrected chi connectivity index (χ4v) is 2.03. The van der Waals surface area contributed by atoms with Crippen molar-refractivity contribution in [2.45, 2.75) is 6.42 Å². The third-order valence-corrected chi connectivity index (χ3v) is 3.38. The average molecular weight is 275 g/mol. The summed E-state index contributed by atoms with van der Waals surface area (Å²) in [7, 11) is -0.830. The molecule has 0 radical (unpaired) electrons. The maximum atomic E-state index is 11.7. The van der Waals surface area contributed by atoms with E-state index >= 15 is 0 Å². The first-order chi connectivity index (χ1) is 8.02. The molecule has 1 amide bonds. The van der Waals surface area contributed by atoms with Crippen molar-refractivity contribution >= 4 is 34.0 Å². The van der Waals surface area contributed by atoms with Gasteiger partial charge in [-0.1, -0.05) is 17.7 Å². The van der Waals surface area contributed by atoms with Crippen LogP contribution in [0.15, 0.2) is 18.2 Å². The van der Waals surface area contributed by atoms with E-state index in [0.717, 1.165) is 0 Å². The molecule has 94 valence electrons. The molecule has 6 heteroatoms. The van der Waals surface area contributed by atoms with Crippen molar-refractivity contribution in [3.05, 3.63) is 28.8 Å². The molecule has 1 unspecified atom stereocenters. The van der Waals surface area contributed by atoms with Gasteiger partial charge in [-0.05, 0) is 18.6 Å². The standard InChI is InChI=1S/C11H15ClN2O2S/c1-17(16)7-3-6-14-11(15)8-4-2-5-9(12)10(8)13/h2,4-5H,3,6-7,13H2,1H3,(H,14,15). The number of anilines is 1. The predicted octanol–water partition coefficient (Wildman–Crippen LogP) is 1.42. The van der Waals surface area contributed by atoms with Crippen molar-refractivity contribution in [1.82, 2.24) is 5.32 Å². The summed E-state index contributed by atoms with van der Waals surface area (Å²) < 4.78 is 10.8. The van der Waals surface area contributed by atoms with E-state index in [1.54, 1.807) is 24.5 Å². The number of carbonyl (C=O) groups is 1. The summed E-state index contributed by atoms with van der Waals surface area (Å²) in [5.41, 5.74) is 6.35. The summed E-state index contributed by atoms with van der Waals surface area (Å²) in [5, 5.41) is 3.08. The minimum atomic E-state index is -0.830. The molecule has 1 atom stereocenters. The first-order valence-corrected chi connectivity index (χ1v) is 7.25. The van der Waals surface area contributed by atoms with E-state index in [9.17, 15) is 9.00 Å². The number of amides is 1. The van der Waals surface area contributed by atoms with Crippen molar-refractivity contribution in [1.29, 1.82) is 0 Å². The van der Waals surface area contributed by atoms with Crippen LogP contribution in [-0.4, -0.2) is 28.7 Å². The number of hydrogen-bond donors (Lipinski definition) is 2. The van der Waals surface area contributed by atoms with Gasteiger partial charge < -0.3 is 11.1 Å². The van der Waals surface area contributed by atoms with Crippen LogP contribution in [0.1, 0.15) is 16.8 Å². The third kappa shape index (κ3) is 4.36. The van der Waals surface area contributed by atoms with Crippen molar-refractivity contribution in [3.63, 3.8) is 0 Å². The van der Waals surface area contributed by atoms with Gasteiger partial charge in [-0.25, -0.2) is 0 Å². The fraction of sp³-hybridized carbons (Fsp3) is 0.364. The van der Waals surface area contributed by atoms with Gasteiger partial charge in [0.2, 0.25) is 0 Å². The Morgan fingerprint density at radius 2 is 2.24 bits per heavy atom. The Morgan fingerprint density at radius 3 is 2.88 bits per heavy atom. The lowest BCUT2D eigenvalue weighted by molar-refractivity contribution is 0.0954. The largest absolute Gasteiger partial charge is 0.397 e. The molecule has 0 heterocycles. The normalized spacial score (nSPS) is 12.1. The molecule has 0 spiro atoms. The Bertz CT molecular complexity index is 437. The van der Waals surface area contributed by atoms with E-state index in [-0.39, 0.29) is 11.6 Å². The van der Waals surface area contributed by atoms with Crippen LogP contribution < -0.4 is 11.1 Å². The fourth-order valence-electron chi connectivity index (χ4n) is 1.31. The van der Waals surface area contributed by atoms with Gasteiger partial charge in [0.15, 0.2) is 0 Å². The number of nitrogen functional groups attached to an aromatic ring is 1. The Labute approximate surface area is 108 Å². The highest BCUT2D eigenvalue weighted by molar-refractivity contribution is 7.84. The average Bonchev–Trinajstić information content (AvgIpc) is 2.27. The SMILES string of the molecule is CS(=O)CCCNC(=O)c1cccc(Cl)c1N. The number of nitrogens with one attached hydrogen (secondary N) is 1. The Kier molecular flexibility index (Phi) is 5.44. The number of benzene rings is 1. The van der Waals surface area contributed by atoms with Crippen molar-refractivity contribution in [3.8, 4) is 0 Å². The number of nitrogens with two attached hydrogens (primary N) is 1. The molecular formula is C11H15ClN2O2S. The minimum Gasteiger partial charge on any atom is -0.397 e. The van der Waals surface area contributed by atoms with Crippen LogP contribution in [0.25, 0.3) is 0 Å². The molecular weight excluding hydrogens is 260 g/mol. The van der Waals surface area contributed by atoms with E-state index in [1.807, 2.05) is 0 Å². The zero-order valence-corrected chi connectivity index (χ0v) is 11.1. The van der Waals surface area contributed by atoms with Crippen LogP contribution in [0.4, 0.5) is 5.69 Å². The van der Waals surface area contributed by atoms with Gasteiger partial charge in [0, 0.05) is 29.4 Å². The smallest absolute Gasteiger partial charge is 0.253 e. The van der Waals surface area contributed by atoms with Crippen LogP contribution in [0.2, 0.25) is 5.02 Å². The number of para-hydroxylation sites is 1. The van der Waals surface area contributed by atoms with Crippen LogP contribution in [-0.2, 0) is 10.8 Å². The van der Waals surface area contributed by atoms with E-state index in [2.05, 4.69) is 5.32 Å². The number of carbonyl (C=O) groups excluding carboxylic acids is 1. The van der Waals surface area contributed by atoms with Crippen molar-refractivity contribution < 1.29 is 9.00 Å². The molecule has 1 aromatic carbocycles. The number of rotatable bonds is 5. The summed E-state index contributed by atoms with van der Waals surface area (Å²) in [6.45, 7) is 0.477. The predicted molar refractivity (Wildman–Crippen MR) is 71.7 cm³/mol. The maximum Gasteiger partial charge on any atom is 0.253 e. The van der Waals surface area contributed by atoms with Crippen LogP contribution in [0, 0.1) is 0 Å². The maximum absolute atomic E-state index is 11.7. The van der Waals surface area contributed by atoms with E-state index < -0.39 is 10.8 Å². The molecule has 4 nitrogen and oxygen atoms in total. The molecule has 0 saturated heterocycles. The van der Waals surface area contributed by atoms with Crippen LogP contribution in [0.5, 0.6) is 0 Å². The second-order valence-corrected chi connectivity index (χ2v) is 5.55. The molecule has 0 saturated carbocycles. The Hall–Kier alpha value is -1.07. The molecule has 1 aromatic rings. The Balaban J connectivity index is 2.53. The second-order valence-electron chi connectivity index (χ2n) is 3.59. The molecule has 0 aliphatic rings. The molecule has 1 rings (SSSR count). The van der Waals surface area contributed by atoms with Gasteiger partial charge in [0.1, 0.15) is 0 Å². The minimum absolute atomic E-state index is 0.258. The van der Waals surface area contributed by atoms with Crippen LogP contribution >= 0.6 is 11.6 Å². The van der Waals surface area contributed by atoms with E-state index in [4.69, 9.17) is 17.3 Å². The van der Waals surface area contributed by atoms with Gasteiger partial charge in [-0.3, -0.25) is 9.00 Å². The lowest BCUT2D eigenvalue weighted by atomic mass is 10.1. The van der Waals surface area contributed by atoms with Gasteiger partial charge in [0.25, 0.3) is 5.91 Å². The molecule has 0 fully saturated rings. The van der Waals surface area contributed by atoms with Gasteiger partial charge in [-0.2, -0.15) is 0 Å². The highest BCUT2D eigenvalue weighted by Crippen LogP contribution is 2.21. The zero-order chi connectivity index (χ0) is 12.8. The topological polar surface area (TPSA) is 72.2 Å². The first kappa shape index (κ1) is 14.0. The van der Waals surface area contributed by atoms with Crippen LogP contribution in [0.3, 0.4) is 0 Å². The first-order valence-electron chi connectivity index (χ1n) is 5.14. The highest BCUT2D eigenvalue weighted by atomic mass is 35.5. The summed E-state index contributed by atoms with van der Waals surface area (Å²) in [6.07, 6.45) is 2.31. The summed E-state index contributed by atoms with van der Waals surface area (Å²) in [6, 6.07) is 4.93. The molecule has 0 aromatic heterocycles. The second kappa shape index (κ2) is 6.61.